The summed E-state index contributed by atoms with van der Waals surface area (Å²) in [5.41, 5.74) is 29.8. The summed E-state index contributed by atoms with van der Waals surface area (Å²) in [5, 5.41) is 28.5. The maximum atomic E-state index is 14.1. The maximum absolute atomic E-state index is 14.1. The molecule has 0 spiro atoms. The highest BCUT2D eigenvalue weighted by Gasteiger charge is 2.30. The Kier molecular flexibility index (Phi) is 17.4. The average Bonchev–Trinajstić information content (AvgIpc) is 3.22. The van der Waals surface area contributed by atoms with Crippen molar-refractivity contribution in [2.75, 3.05) is 13.1 Å². The van der Waals surface area contributed by atoms with Crippen LogP contribution in [0.5, 0.6) is 0 Å². The number of benzene rings is 4. The number of hydrogen-bond acceptors (Lipinski definition) is 7. The monoisotopic (exact) mass is 831 g/mol. The summed E-state index contributed by atoms with van der Waals surface area (Å²) in [6, 6.07) is 29.2. The number of primary amides is 1. The number of amides is 4. The summed E-state index contributed by atoms with van der Waals surface area (Å²) >= 11 is 0. The molecule has 0 saturated carbocycles. The van der Waals surface area contributed by atoms with Gasteiger partial charge in [0.1, 0.15) is 18.1 Å². The Morgan fingerprint density at radius 1 is 0.541 bits per heavy atom. The fourth-order valence-electron chi connectivity index (χ4n) is 6.69. The number of hydrogen-bond donors (Lipinski definition) is 11. The van der Waals surface area contributed by atoms with E-state index in [9.17, 15) is 19.2 Å². The molecule has 4 aromatic rings. The van der Waals surface area contributed by atoms with Crippen molar-refractivity contribution < 1.29 is 19.2 Å². The lowest BCUT2D eigenvalue weighted by atomic mass is 9.86. The zero-order valence-corrected chi connectivity index (χ0v) is 35.2. The number of guanidine groups is 2. The van der Waals surface area contributed by atoms with E-state index >= 15 is 0 Å². The predicted molar refractivity (Wildman–Crippen MR) is 241 cm³/mol. The Morgan fingerprint density at radius 2 is 0.951 bits per heavy atom. The van der Waals surface area contributed by atoms with Crippen molar-refractivity contribution in [3.8, 4) is 22.3 Å². The Labute approximate surface area is 358 Å². The van der Waals surface area contributed by atoms with Crippen LogP contribution in [0.4, 0.5) is 0 Å². The lowest BCUT2D eigenvalue weighted by Crippen LogP contribution is -2.58. The molecular weight excluding hydrogens is 771 g/mol. The van der Waals surface area contributed by atoms with Gasteiger partial charge in [-0.15, -0.1) is 0 Å². The predicted octanol–water partition coefficient (Wildman–Crippen LogP) is 2.90. The van der Waals surface area contributed by atoms with Crippen molar-refractivity contribution in [2.24, 2.45) is 22.9 Å². The van der Waals surface area contributed by atoms with Crippen LogP contribution in [0.2, 0.25) is 0 Å². The highest BCUT2D eigenvalue weighted by molar-refractivity contribution is 5.95. The molecule has 0 heterocycles. The second-order valence-electron chi connectivity index (χ2n) is 16.2. The van der Waals surface area contributed by atoms with Crippen LogP contribution in [0.15, 0.2) is 103 Å². The summed E-state index contributed by atoms with van der Waals surface area (Å²) in [7, 11) is 0. The molecule has 0 aliphatic carbocycles. The zero-order valence-electron chi connectivity index (χ0n) is 35.2. The van der Waals surface area contributed by atoms with Gasteiger partial charge in [-0.2, -0.15) is 0 Å². The third-order valence-corrected chi connectivity index (χ3v) is 10.2. The molecule has 4 atom stereocenters. The second-order valence-corrected chi connectivity index (χ2v) is 16.2. The van der Waals surface area contributed by atoms with Crippen LogP contribution >= 0.6 is 0 Å². The SMILES string of the molecule is CC(C)(C)c1ccc(-c2ccc(C[C@H](N)C(=O)N[C@@H](CCCNC(=N)N)C(=O)N[C@@H](Cc3ccc(-c4ccccc4)cc3)C(=O)N[C@@H](CCCNC(=N)N)C(N)=O)cc2)cc1. The molecule has 15 nitrogen and oxygen atoms in total. The molecule has 0 radical (unpaired) electrons. The van der Waals surface area contributed by atoms with E-state index in [4.69, 9.17) is 33.8 Å². The first-order valence-electron chi connectivity index (χ1n) is 20.5. The molecule has 0 bridgehead atoms. The number of nitrogens with one attached hydrogen (secondary N) is 7. The molecule has 0 unspecified atom stereocenters. The van der Waals surface area contributed by atoms with Crippen LogP contribution in [0.1, 0.15) is 63.1 Å². The first-order chi connectivity index (χ1) is 29.0. The van der Waals surface area contributed by atoms with E-state index < -0.39 is 47.8 Å². The van der Waals surface area contributed by atoms with Gasteiger partial charge in [-0.25, -0.2) is 0 Å². The summed E-state index contributed by atoms with van der Waals surface area (Å²) < 4.78 is 0. The van der Waals surface area contributed by atoms with E-state index in [1.165, 1.54) is 5.56 Å². The Morgan fingerprint density at radius 3 is 1.43 bits per heavy atom. The number of nitrogens with two attached hydrogens (primary N) is 4. The number of carbonyl (C=O) groups is 4. The molecule has 0 aliphatic heterocycles. The standard InChI is InChI=1S/C46H61N11O4/c1-46(2,3)35-23-21-34(22-24-35)33-17-13-29(14-18-33)27-36(47)41(59)56-38(12-8-26-54-45(51)52)42(60)57-39(43(61)55-37(40(48)58)11-7-25-53-44(49)50)28-30-15-19-32(20-16-30)31-9-5-4-6-10-31/h4-6,9-10,13-24,36-39H,7-8,11-12,25-28,47H2,1-3H3,(H2,48,58)(H,55,61)(H,56,59)(H,57,60)(H4,49,50,53)(H4,51,52,54)/t36-,37-,38-,39-/m0/s1. The molecule has 0 fully saturated rings. The quantitative estimate of drug-likeness (QED) is 0.0334. The van der Waals surface area contributed by atoms with Crippen LogP contribution in [0, 0.1) is 10.8 Å². The molecule has 0 aliphatic rings. The van der Waals surface area contributed by atoms with Gasteiger partial charge < -0.3 is 49.5 Å². The Hall–Kier alpha value is -6.74. The van der Waals surface area contributed by atoms with Crippen LogP contribution in [0.3, 0.4) is 0 Å². The van der Waals surface area contributed by atoms with Gasteiger partial charge in [-0.05, 0) is 76.5 Å². The van der Waals surface area contributed by atoms with E-state index in [0.29, 0.717) is 12.8 Å². The van der Waals surface area contributed by atoms with Gasteiger partial charge in [-0.1, -0.05) is 124 Å². The van der Waals surface area contributed by atoms with E-state index in [2.05, 4.69) is 71.6 Å². The van der Waals surface area contributed by atoms with Crippen molar-refractivity contribution >= 4 is 35.5 Å². The fourth-order valence-corrected chi connectivity index (χ4v) is 6.69. The van der Waals surface area contributed by atoms with Gasteiger partial charge in [0.25, 0.3) is 0 Å². The molecule has 61 heavy (non-hydrogen) atoms. The number of carbonyl (C=O) groups excluding carboxylic acids is 4. The van der Waals surface area contributed by atoms with E-state index in [1.807, 2.05) is 78.9 Å². The lowest BCUT2D eigenvalue weighted by Gasteiger charge is -2.26. The van der Waals surface area contributed by atoms with Crippen molar-refractivity contribution in [3.63, 3.8) is 0 Å². The van der Waals surface area contributed by atoms with Gasteiger partial charge in [0.2, 0.25) is 23.6 Å². The Balaban J connectivity index is 1.50. The molecule has 324 valence electrons. The van der Waals surface area contributed by atoms with Gasteiger partial charge in [0, 0.05) is 19.5 Å². The number of rotatable bonds is 21. The molecule has 0 saturated heterocycles. The molecule has 4 amide bonds. The van der Waals surface area contributed by atoms with Crippen molar-refractivity contribution in [3.05, 3.63) is 120 Å². The molecule has 4 aromatic carbocycles. The Bertz CT molecular complexity index is 2090. The smallest absolute Gasteiger partial charge is 0.243 e. The molecule has 15 N–H and O–H groups in total. The van der Waals surface area contributed by atoms with Crippen LogP contribution in [-0.4, -0.2) is 72.8 Å². The minimum Gasteiger partial charge on any atom is -0.370 e. The first-order valence-corrected chi connectivity index (χ1v) is 20.5. The van der Waals surface area contributed by atoms with Gasteiger partial charge in [-0.3, -0.25) is 30.0 Å². The van der Waals surface area contributed by atoms with E-state index in [1.54, 1.807) is 0 Å². The average molecular weight is 832 g/mol. The summed E-state index contributed by atoms with van der Waals surface area (Å²) in [4.78, 5) is 54.1. The van der Waals surface area contributed by atoms with Gasteiger partial charge >= 0.3 is 0 Å². The summed E-state index contributed by atoms with van der Waals surface area (Å²) in [6.45, 7) is 7.04. The maximum Gasteiger partial charge on any atom is 0.243 e. The van der Waals surface area contributed by atoms with Crippen LogP contribution < -0.4 is 49.5 Å². The van der Waals surface area contributed by atoms with Crippen molar-refractivity contribution in [2.45, 2.75) is 88.9 Å². The highest BCUT2D eigenvalue weighted by Crippen LogP contribution is 2.26. The largest absolute Gasteiger partial charge is 0.370 e. The zero-order chi connectivity index (χ0) is 44.5. The lowest BCUT2D eigenvalue weighted by molar-refractivity contribution is -0.133. The third kappa shape index (κ3) is 15.4. The van der Waals surface area contributed by atoms with Crippen LogP contribution in [0.25, 0.3) is 22.3 Å². The molecule has 15 heteroatoms. The highest BCUT2D eigenvalue weighted by atomic mass is 16.2. The fraction of sp³-hybridized carbons (Fsp3) is 0.348. The third-order valence-electron chi connectivity index (χ3n) is 10.2. The summed E-state index contributed by atoms with van der Waals surface area (Å²) in [5.74, 6) is -3.10. The second kappa shape index (κ2) is 22.6. The minimum absolute atomic E-state index is 0.0445. The topological polar surface area (TPSA) is 280 Å². The van der Waals surface area contributed by atoms with Crippen molar-refractivity contribution in [1.29, 1.82) is 10.8 Å². The normalized spacial score (nSPS) is 13.1. The van der Waals surface area contributed by atoms with Crippen molar-refractivity contribution in [1.82, 2.24) is 26.6 Å². The molecular formula is C46H61N11O4. The molecule has 4 rings (SSSR count). The van der Waals surface area contributed by atoms with E-state index in [-0.39, 0.29) is 56.1 Å². The van der Waals surface area contributed by atoms with E-state index in [0.717, 1.165) is 33.4 Å². The first kappa shape index (κ1) is 46.9. The minimum atomic E-state index is -1.18. The molecule has 0 aromatic heterocycles. The summed E-state index contributed by atoms with van der Waals surface area (Å²) in [6.07, 6.45) is 1.23. The van der Waals surface area contributed by atoms with Gasteiger partial charge in [0.05, 0.1) is 6.04 Å². The van der Waals surface area contributed by atoms with Gasteiger partial charge in [0.15, 0.2) is 11.9 Å². The van der Waals surface area contributed by atoms with Crippen LogP contribution in [-0.2, 0) is 37.4 Å².